The number of halogens is 1. The van der Waals surface area contributed by atoms with Crippen molar-refractivity contribution in [1.82, 2.24) is 19.9 Å². The summed E-state index contributed by atoms with van der Waals surface area (Å²) in [6.07, 6.45) is 3.02. The second-order valence-electron chi connectivity index (χ2n) is 9.82. The second kappa shape index (κ2) is 13.6. The molecule has 0 saturated carbocycles. The van der Waals surface area contributed by atoms with Crippen molar-refractivity contribution in [2.24, 2.45) is 7.05 Å². The van der Waals surface area contributed by atoms with E-state index in [0.717, 1.165) is 39.3 Å². The van der Waals surface area contributed by atoms with Crippen molar-refractivity contribution in [2.75, 3.05) is 30.9 Å². The fourth-order valence-electron chi connectivity index (χ4n) is 4.31. The molecule has 12 heteroatoms. The maximum Gasteiger partial charge on any atom is 0.233 e. The molecule has 3 aromatic heterocycles. The average Bonchev–Trinajstić information content (AvgIpc) is 3.57. The Labute approximate surface area is 251 Å². The van der Waals surface area contributed by atoms with Gasteiger partial charge in [-0.15, -0.1) is 11.3 Å². The number of amides is 2. The molecule has 10 nitrogen and oxygen atoms in total. The Morgan fingerprint density at radius 3 is 2.47 bits per heavy atom. The first-order valence-electron chi connectivity index (χ1n) is 13.5. The van der Waals surface area contributed by atoms with Gasteiger partial charge in [0.05, 0.1) is 33.6 Å². The number of aryl methyl sites for hydroxylation is 1. The van der Waals surface area contributed by atoms with Crippen molar-refractivity contribution in [3.8, 4) is 22.2 Å². The Morgan fingerprint density at radius 2 is 1.72 bits per heavy atom. The van der Waals surface area contributed by atoms with Crippen molar-refractivity contribution >= 4 is 44.7 Å². The smallest absolute Gasteiger partial charge is 0.233 e. The SMILES string of the molecule is COCCNCc1cnc(-c2cc3nccc(Oc4ccc(NC(=O)CC(=O)Nc5ccc(C)cc5)cc4F)c3s2)n1C. The third kappa shape index (κ3) is 7.41. The molecule has 43 heavy (non-hydrogen) atoms. The zero-order valence-corrected chi connectivity index (χ0v) is 24.8. The number of ether oxygens (including phenoxy) is 2. The summed E-state index contributed by atoms with van der Waals surface area (Å²) in [6.45, 7) is 3.95. The zero-order chi connectivity index (χ0) is 30.3. The fraction of sp³-hybridized carbons (Fsp3) is 0.226. The minimum Gasteiger partial charge on any atom is -0.453 e. The van der Waals surface area contributed by atoms with Crippen LogP contribution in [0.5, 0.6) is 11.5 Å². The van der Waals surface area contributed by atoms with Crippen LogP contribution in [0.1, 0.15) is 17.7 Å². The van der Waals surface area contributed by atoms with E-state index >= 15 is 4.39 Å². The number of thiophene rings is 1. The Bertz CT molecular complexity index is 1750. The fourth-order valence-corrected chi connectivity index (χ4v) is 5.40. The topological polar surface area (TPSA) is 119 Å². The van der Waals surface area contributed by atoms with Gasteiger partial charge in [0.25, 0.3) is 0 Å². The highest BCUT2D eigenvalue weighted by molar-refractivity contribution is 7.22. The van der Waals surface area contributed by atoms with Gasteiger partial charge in [-0.1, -0.05) is 17.7 Å². The molecule has 0 radical (unpaired) electrons. The Morgan fingerprint density at radius 1 is 0.977 bits per heavy atom. The number of anilines is 2. The number of benzene rings is 2. The normalized spacial score (nSPS) is 11.1. The predicted octanol–water partition coefficient (Wildman–Crippen LogP) is 5.64. The van der Waals surface area contributed by atoms with Crippen LogP contribution in [0.4, 0.5) is 15.8 Å². The van der Waals surface area contributed by atoms with Crippen molar-refractivity contribution in [2.45, 2.75) is 19.9 Å². The molecule has 0 spiro atoms. The van der Waals surface area contributed by atoms with Crippen molar-refractivity contribution in [3.05, 3.63) is 84.1 Å². The molecule has 0 aliphatic heterocycles. The van der Waals surface area contributed by atoms with Crippen molar-refractivity contribution in [1.29, 1.82) is 0 Å². The molecule has 0 saturated heterocycles. The molecule has 2 amide bonds. The summed E-state index contributed by atoms with van der Waals surface area (Å²) in [5, 5.41) is 8.54. The predicted molar refractivity (Wildman–Crippen MR) is 165 cm³/mol. The van der Waals surface area contributed by atoms with Gasteiger partial charge in [0.1, 0.15) is 18.0 Å². The second-order valence-corrected chi connectivity index (χ2v) is 10.9. The van der Waals surface area contributed by atoms with E-state index in [0.29, 0.717) is 30.1 Å². The van der Waals surface area contributed by atoms with Gasteiger partial charge in [-0.05, 0) is 37.3 Å². The number of nitrogens with one attached hydrogen (secondary N) is 3. The van der Waals surface area contributed by atoms with Gasteiger partial charge in [0.2, 0.25) is 11.8 Å². The van der Waals surface area contributed by atoms with Gasteiger partial charge in [-0.3, -0.25) is 14.6 Å². The largest absolute Gasteiger partial charge is 0.453 e. The van der Waals surface area contributed by atoms with Gasteiger partial charge in [0, 0.05) is 57.0 Å². The first-order valence-corrected chi connectivity index (χ1v) is 14.4. The first-order chi connectivity index (χ1) is 20.8. The lowest BCUT2D eigenvalue weighted by atomic mass is 10.2. The summed E-state index contributed by atoms with van der Waals surface area (Å²) in [5.74, 6) is -0.490. The molecule has 5 aromatic rings. The molecule has 0 aliphatic rings. The molecule has 0 atom stereocenters. The van der Waals surface area contributed by atoms with E-state index in [2.05, 4.69) is 25.9 Å². The monoisotopic (exact) mass is 602 g/mol. The number of pyridine rings is 1. The highest BCUT2D eigenvalue weighted by atomic mass is 32.1. The maximum absolute atomic E-state index is 15.0. The van der Waals surface area contributed by atoms with Gasteiger partial charge < -0.3 is 30.0 Å². The minimum atomic E-state index is -0.668. The van der Waals surface area contributed by atoms with Crippen molar-refractivity contribution in [3.63, 3.8) is 0 Å². The third-order valence-electron chi connectivity index (χ3n) is 6.56. The summed E-state index contributed by atoms with van der Waals surface area (Å²) in [6, 6.07) is 14.9. The van der Waals surface area contributed by atoms with Crippen LogP contribution in [0.25, 0.3) is 20.9 Å². The number of carbonyl (C=O) groups excluding carboxylic acids is 2. The van der Waals surface area contributed by atoms with Crippen LogP contribution < -0.4 is 20.7 Å². The standard InChI is InChI=1S/C31H31FN6O4S/c1-19-4-6-20(7-5-19)36-28(39)16-29(40)37-21-8-9-25(23(32)14-21)42-26-10-11-34-24-15-27(43-30(24)26)31-35-18-22(38(31)2)17-33-12-13-41-3/h4-11,14-15,18,33H,12-13,16-17H2,1-3H3,(H,36,39)(H,37,40). The van der Waals surface area contributed by atoms with E-state index in [9.17, 15) is 9.59 Å². The highest BCUT2D eigenvalue weighted by Gasteiger charge is 2.17. The van der Waals surface area contributed by atoms with Crippen LogP contribution in [-0.2, 0) is 27.9 Å². The van der Waals surface area contributed by atoms with E-state index in [1.165, 1.54) is 23.5 Å². The number of carbonyl (C=O) groups is 2. The summed E-state index contributed by atoms with van der Waals surface area (Å²) in [5.41, 5.74) is 3.58. The first kappa shape index (κ1) is 29.8. The van der Waals surface area contributed by atoms with Crippen LogP contribution in [0.3, 0.4) is 0 Å². The van der Waals surface area contributed by atoms with Crippen LogP contribution in [0.2, 0.25) is 0 Å². The number of methoxy groups -OCH3 is 1. The Kier molecular flexibility index (Phi) is 9.40. The van der Waals surface area contributed by atoms with Gasteiger partial charge >= 0.3 is 0 Å². The Balaban J connectivity index is 1.24. The molecular formula is C31H31FN6O4S. The van der Waals surface area contributed by atoms with E-state index < -0.39 is 24.1 Å². The van der Waals surface area contributed by atoms with Gasteiger partial charge in [-0.25, -0.2) is 9.37 Å². The van der Waals surface area contributed by atoms with E-state index in [-0.39, 0.29) is 11.4 Å². The van der Waals surface area contributed by atoms with E-state index in [4.69, 9.17) is 9.47 Å². The van der Waals surface area contributed by atoms with E-state index in [1.807, 2.05) is 42.9 Å². The Hall–Kier alpha value is -4.65. The number of imidazole rings is 1. The van der Waals surface area contributed by atoms with Crippen LogP contribution in [0, 0.1) is 12.7 Å². The van der Waals surface area contributed by atoms with Crippen LogP contribution in [-0.4, -0.2) is 46.6 Å². The average molecular weight is 603 g/mol. The van der Waals surface area contributed by atoms with Gasteiger partial charge in [0.15, 0.2) is 11.6 Å². The summed E-state index contributed by atoms with van der Waals surface area (Å²) >= 11 is 1.45. The molecular weight excluding hydrogens is 571 g/mol. The summed E-state index contributed by atoms with van der Waals surface area (Å²) in [7, 11) is 3.62. The maximum atomic E-state index is 15.0. The molecule has 5 rings (SSSR count). The molecule has 2 aromatic carbocycles. The molecule has 0 unspecified atom stereocenters. The lowest BCUT2D eigenvalue weighted by Crippen LogP contribution is -2.21. The zero-order valence-electron chi connectivity index (χ0n) is 23.9. The molecule has 0 aliphatic carbocycles. The quantitative estimate of drug-likeness (QED) is 0.125. The van der Waals surface area contributed by atoms with Crippen LogP contribution in [0.15, 0.2) is 67.0 Å². The third-order valence-corrected chi connectivity index (χ3v) is 7.70. The number of nitrogens with zero attached hydrogens (tertiary/aromatic N) is 3. The van der Waals surface area contributed by atoms with Crippen molar-refractivity contribution < 1.29 is 23.5 Å². The van der Waals surface area contributed by atoms with E-state index in [1.54, 1.807) is 31.5 Å². The van der Waals surface area contributed by atoms with Crippen LogP contribution >= 0.6 is 11.3 Å². The molecule has 3 heterocycles. The molecule has 0 fully saturated rings. The lowest BCUT2D eigenvalue weighted by molar-refractivity contribution is -0.123. The highest BCUT2D eigenvalue weighted by Crippen LogP contribution is 2.39. The summed E-state index contributed by atoms with van der Waals surface area (Å²) < 4.78 is 28.8. The molecule has 222 valence electrons. The molecule has 3 N–H and O–H groups in total. The number of aromatic nitrogens is 3. The number of hydrogen-bond donors (Lipinski definition) is 3. The number of hydrogen-bond acceptors (Lipinski definition) is 8. The van der Waals surface area contributed by atoms with Gasteiger partial charge in [-0.2, -0.15) is 0 Å². The summed E-state index contributed by atoms with van der Waals surface area (Å²) in [4.78, 5) is 34.5. The number of rotatable bonds is 12. The molecule has 0 bridgehead atoms. The lowest BCUT2D eigenvalue weighted by Gasteiger charge is -2.10. The minimum absolute atomic E-state index is 0.0148. The number of fused-ring (bicyclic) bond motifs is 1.